The molecule has 0 spiro atoms. The van der Waals surface area contributed by atoms with Gasteiger partial charge in [-0.1, -0.05) is 12.1 Å². The monoisotopic (exact) mass is 414 g/mol. The van der Waals surface area contributed by atoms with Gasteiger partial charge in [0.25, 0.3) is 0 Å². The Morgan fingerprint density at radius 2 is 1.90 bits per heavy atom. The van der Waals surface area contributed by atoms with Gasteiger partial charge < -0.3 is 9.64 Å². The summed E-state index contributed by atoms with van der Waals surface area (Å²) in [6, 6.07) is 14.7. The third-order valence-electron chi connectivity index (χ3n) is 5.53. The summed E-state index contributed by atoms with van der Waals surface area (Å²) in [5, 5.41) is 0. The number of hydrogen-bond acceptors (Lipinski definition) is 5. The molecule has 0 fully saturated rings. The van der Waals surface area contributed by atoms with E-state index in [0.717, 1.165) is 44.8 Å². The van der Waals surface area contributed by atoms with Crippen LogP contribution >= 0.6 is 0 Å². The molecule has 3 heterocycles. The van der Waals surface area contributed by atoms with Crippen molar-refractivity contribution in [3.63, 3.8) is 0 Å². The van der Waals surface area contributed by atoms with Gasteiger partial charge in [0.2, 0.25) is 0 Å². The Morgan fingerprint density at radius 1 is 1.00 bits per heavy atom. The third kappa shape index (κ3) is 6.40. The van der Waals surface area contributed by atoms with Gasteiger partial charge in [-0.15, -0.1) is 0 Å². The van der Waals surface area contributed by atoms with E-state index in [1.54, 1.807) is 0 Å². The maximum absolute atomic E-state index is 6.07. The smallest absolute Gasteiger partial charge is 0.119 e. The van der Waals surface area contributed by atoms with Crippen LogP contribution in [0.3, 0.4) is 0 Å². The number of rotatable bonds is 10. The molecule has 5 heteroatoms. The molecule has 0 bridgehead atoms. The largest absolute Gasteiger partial charge is 0.494 e. The lowest BCUT2D eigenvalue weighted by Gasteiger charge is -2.23. The lowest BCUT2D eigenvalue weighted by atomic mass is 10.0. The van der Waals surface area contributed by atoms with Crippen molar-refractivity contribution in [2.24, 2.45) is 0 Å². The first-order valence-electron chi connectivity index (χ1n) is 10.9. The van der Waals surface area contributed by atoms with Crippen LogP contribution in [0.4, 0.5) is 0 Å². The van der Waals surface area contributed by atoms with Crippen LogP contribution in [-0.4, -0.2) is 46.5 Å². The summed E-state index contributed by atoms with van der Waals surface area (Å²) in [4.78, 5) is 13.0. The molecule has 0 aliphatic carbocycles. The van der Waals surface area contributed by atoms with Crippen LogP contribution in [0.2, 0.25) is 0 Å². The molecule has 0 radical (unpaired) electrons. The lowest BCUT2D eigenvalue weighted by molar-refractivity contribution is 0.229. The van der Waals surface area contributed by atoms with Crippen LogP contribution < -0.4 is 4.74 Å². The summed E-state index contributed by atoms with van der Waals surface area (Å²) < 4.78 is 6.07. The molecule has 0 unspecified atom stereocenters. The van der Waals surface area contributed by atoms with Gasteiger partial charge in [0, 0.05) is 58.0 Å². The minimum atomic E-state index is 0.710. The molecule has 3 aromatic rings. The van der Waals surface area contributed by atoms with E-state index in [4.69, 9.17) is 4.74 Å². The Hall–Kier alpha value is -3.18. The normalized spacial score (nSPS) is 12.8. The van der Waals surface area contributed by atoms with Crippen molar-refractivity contribution in [3.05, 3.63) is 95.7 Å². The van der Waals surface area contributed by atoms with Crippen molar-refractivity contribution < 1.29 is 4.74 Å². The van der Waals surface area contributed by atoms with Crippen LogP contribution in [0, 0.1) is 0 Å². The SMILES string of the molecule is CN1C=Cc2cc(OCCCN(CCc3cccnc3)Cc3ccncc3)ccc2C1. The molecule has 0 amide bonds. The molecule has 1 aromatic carbocycles. The second-order valence-corrected chi connectivity index (χ2v) is 8.04. The Kier molecular flexibility index (Phi) is 7.29. The molecule has 160 valence electrons. The third-order valence-corrected chi connectivity index (χ3v) is 5.53. The topological polar surface area (TPSA) is 41.5 Å². The highest BCUT2D eigenvalue weighted by atomic mass is 16.5. The second-order valence-electron chi connectivity index (χ2n) is 8.04. The number of hydrogen-bond donors (Lipinski definition) is 0. The number of benzene rings is 1. The Balaban J connectivity index is 1.29. The van der Waals surface area contributed by atoms with Crippen molar-refractivity contribution in [1.82, 2.24) is 19.8 Å². The predicted octanol–water partition coefficient (Wildman–Crippen LogP) is 4.41. The van der Waals surface area contributed by atoms with Crippen LogP contribution in [0.25, 0.3) is 6.08 Å². The summed E-state index contributed by atoms with van der Waals surface area (Å²) in [6.45, 7) is 4.55. The fraction of sp³-hybridized carbons (Fsp3) is 0.308. The van der Waals surface area contributed by atoms with Crippen LogP contribution in [0.1, 0.15) is 28.7 Å². The highest BCUT2D eigenvalue weighted by Gasteiger charge is 2.10. The Bertz CT molecular complexity index is 975. The zero-order valence-corrected chi connectivity index (χ0v) is 18.2. The minimum Gasteiger partial charge on any atom is -0.494 e. The average molecular weight is 415 g/mol. The molecule has 2 aromatic heterocycles. The molecule has 1 aliphatic rings. The van der Waals surface area contributed by atoms with E-state index in [9.17, 15) is 0 Å². The average Bonchev–Trinajstić information content (AvgIpc) is 2.81. The van der Waals surface area contributed by atoms with E-state index < -0.39 is 0 Å². The van der Waals surface area contributed by atoms with E-state index in [-0.39, 0.29) is 0 Å². The van der Waals surface area contributed by atoms with Crippen molar-refractivity contribution in [2.45, 2.75) is 25.9 Å². The standard InChI is InChI=1S/C26H30N4O/c1-29-15-10-24-18-26(6-5-25(24)21-29)31-17-3-14-30(20-23-7-12-27-13-8-23)16-9-22-4-2-11-28-19-22/h2,4-8,10-13,15,18-19H,3,9,14,16-17,20-21H2,1H3. The van der Waals surface area contributed by atoms with E-state index in [2.05, 4.69) is 75.5 Å². The summed E-state index contributed by atoms with van der Waals surface area (Å²) in [5.74, 6) is 0.948. The molecule has 0 saturated heterocycles. The molecule has 0 saturated carbocycles. The number of ether oxygens (including phenoxy) is 1. The van der Waals surface area contributed by atoms with Crippen LogP contribution in [0.5, 0.6) is 5.75 Å². The first-order valence-corrected chi connectivity index (χ1v) is 10.9. The lowest BCUT2D eigenvalue weighted by Crippen LogP contribution is -2.28. The fourth-order valence-corrected chi connectivity index (χ4v) is 3.82. The van der Waals surface area contributed by atoms with Gasteiger partial charge in [-0.25, -0.2) is 0 Å². The van der Waals surface area contributed by atoms with E-state index in [1.165, 1.54) is 22.3 Å². The highest BCUT2D eigenvalue weighted by molar-refractivity contribution is 5.57. The van der Waals surface area contributed by atoms with Gasteiger partial charge in [0.1, 0.15) is 5.75 Å². The highest BCUT2D eigenvalue weighted by Crippen LogP contribution is 2.23. The van der Waals surface area contributed by atoms with Crippen molar-refractivity contribution in [2.75, 3.05) is 26.7 Å². The number of aromatic nitrogens is 2. The summed E-state index contributed by atoms with van der Waals surface area (Å²) in [5.41, 5.74) is 5.16. The molecule has 1 aliphatic heterocycles. The van der Waals surface area contributed by atoms with Crippen LogP contribution in [-0.2, 0) is 19.5 Å². The van der Waals surface area contributed by atoms with Gasteiger partial charge in [0.05, 0.1) is 6.61 Å². The maximum atomic E-state index is 6.07. The number of pyridine rings is 2. The summed E-state index contributed by atoms with van der Waals surface area (Å²) in [7, 11) is 2.09. The molecule has 31 heavy (non-hydrogen) atoms. The summed E-state index contributed by atoms with van der Waals surface area (Å²) >= 11 is 0. The number of fused-ring (bicyclic) bond motifs is 1. The molecule has 0 atom stereocenters. The van der Waals surface area contributed by atoms with E-state index in [0.29, 0.717) is 6.61 Å². The predicted molar refractivity (Wildman–Crippen MR) is 125 cm³/mol. The first-order chi connectivity index (χ1) is 15.3. The zero-order valence-electron chi connectivity index (χ0n) is 18.2. The summed E-state index contributed by atoms with van der Waals surface area (Å²) in [6.07, 6.45) is 13.7. The number of nitrogens with zero attached hydrogens (tertiary/aromatic N) is 4. The first kappa shape index (κ1) is 21.1. The van der Waals surface area contributed by atoms with E-state index >= 15 is 0 Å². The van der Waals surface area contributed by atoms with Gasteiger partial charge in [-0.2, -0.15) is 0 Å². The van der Waals surface area contributed by atoms with Crippen molar-refractivity contribution in [1.29, 1.82) is 0 Å². The fourth-order valence-electron chi connectivity index (χ4n) is 3.82. The molecular formula is C26H30N4O. The molecular weight excluding hydrogens is 384 g/mol. The van der Waals surface area contributed by atoms with Gasteiger partial charge in [-0.05, 0) is 77.7 Å². The van der Waals surface area contributed by atoms with Crippen LogP contribution in [0.15, 0.2) is 73.5 Å². The molecule has 5 nitrogen and oxygen atoms in total. The molecule has 0 N–H and O–H groups in total. The van der Waals surface area contributed by atoms with Gasteiger partial charge in [-0.3, -0.25) is 14.9 Å². The zero-order chi connectivity index (χ0) is 21.3. The maximum Gasteiger partial charge on any atom is 0.119 e. The van der Waals surface area contributed by atoms with Gasteiger partial charge in [0.15, 0.2) is 0 Å². The van der Waals surface area contributed by atoms with E-state index in [1.807, 2.05) is 30.9 Å². The minimum absolute atomic E-state index is 0.710. The van der Waals surface area contributed by atoms with Crippen molar-refractivity contribution >= 4 is 6.08 Å². The Morgan fingerprint density at radius 3 is 2.74 bits per heavy atom. The second kappa shape index (κ2) is 10.7. The van der Waals surface area contributed by atoms with Crippen molar-refractivity contribution in [3.8, 4) is 5.75 Å². The van der Waals surface area contributed by atoms with Gasteiger partial charge >= 0.3 is 0 Å². The molecule has 4 rings (SSSR count). The Labute approximate surface area is 185 Å². The quantitative estimate of drug-likeness (QED) is 0.460.